The number of fused-ring (bicyclic) bond motifs is 1. The molecule has 0 bridgehead atoms. The Morgan fingerprint density at radius 2 is 1.53 bits per heavy atom. The first-order valence-electron chi connectivity index (χ1n) is 11.9. The van der Waals surface area contributed by atoms with Gasteiger partial charge in [0.05, 0.1) is 46.3 Å². The zero-order valence-corrected chi connectivity index (χ0v) is 22.5. The fourth-order valence-corrected chi connectivity index (χ4v) is 5.09. The molecule has 4 aromatic rings. The monoisotopic (exact) mass is 546 g/mol. The van der Waals surface area contributed by atoms with Crippen LogP contribution in [0.5, 0.6) is 0 Å². The van der Waals surface area contributed by atoms with E-state index in [2.05, 4.69) is 0 Å². The Morgan fingerprint density at radius 1 is 0.895 bits per heavy atom. The lowest BCUT2D eigenvalue weighted by atomic mass is 10.0. The second kappa shape index (κ2) is 10.2. The number of carbonyl (C=O) groups is 3. The molecule has 5 rings (SSSR count). The molecule has 0 radical (unpaired) electrons. The summed E-state index contributed by atoms with van der Waals surface area (Å²) >= 11 is 12.7. The molecule has 38 heavy (non-hydrogen) atoms. The molecule has 7 nitrogen and oxygen atoms in total. The second-order valence-corrected chi connectivity index (χ2v) is 10.2. The molecule has 0 aliphatic carbocycles. The van der Waals surface area contributed by atoms with Gasteiger partial charge in [0.15, 0.2) is 5.78 Å². The van der Waals surface area contributed by atoms with Gasteiger partial charge in [-0.1, -0.05) is 47.5 Å². The van der Waals surface area contributed by atoms with Gasteiger partial charge >= 0.3 is 0 Å². The summed E-state index contributed by atoms with van der Waals surface area (Å²) in [6.45, 7) is 2.26. The van der Waals surface area contributed by atoms with E-state index in [9.17, 15) is 14.4 Å². The third-order valence-electron chi connectivity index (χ3n) is 6.45. The fourth-order valence-electron chi connectivity index (χ4n) is 4.69. The van der Waals surface area contributed by atoms with Crippen molar-refractivity contribution in [2.24, 2.45) is 0 Å². The number of halogens is 2. The van der Waals surface area contributed by atoms with Gasteiger partial charge in [0.25, 0.3) is 11.8 Å². The number of nitrogens with zero attached hydrogens (tertiary/aromatic N) is 4. The van der Waals surface area contributed by atoms with Gasteiger partial charge in [-0.05, 0) is 63.5 Å². The number of benzene rings is 3. The normalized spacial score (nSPS) is 12.9. The molecule has 0 saturated heterocycles. The van der Waals surface area contributed by atoms with E-state index in [1.807, 2.05) is 30.5 Å². The second-order valence-electron chi connectivity index (χ2n) is 9.35. The Hall–Kier alpha value is -3.78. The molecule has 1 aliphatic rings. The van der Waals surface area contributed by atoms with Crippen molar-refractivity contribution < 1.29 is 14.4 Å². The van der Waals surface area contributed by atoms with Crippen molar-refractivity contribution in [3.8, 4) is 5.69 Å². The molecule has 1 aromatic heterocycles. The van der Waals surface area contributed by atoms with Crippen molar-refractivity contribution in [2.45, 2.75) is 20.0 Å². The maximum atomic E-state index is 13.8. The lowest BCUT2D eigenvalue weighted by Gasteiger charge is -2.21. The van der Waals surface area contributed by atoms with Crippen LogP contribution in [0.25, 0.3) is 5.69 Å². The Balaban J connectivity index is 1.67. The van der Waals surface area contributed by atoms with Crippen LogP contribution in [0.2, 0.25) is 10.0 Å². The summed E-state index contributed by atoms with van der Waals surface area (Å²) in [6, 6.07) is 18.6. The average molecular weight is 547 g/mol. The van der Waals surface area contributed by atoms with Crippen molar-refractivity contribution in [3.63, 3.8) is 0 Å². The Kier molecular flexibility index (Phi) is 6.92. The van der Waals surface area contributed by atoms with Crippen LogP contribution in [0.3, 0.4) is 0 Å². The number of imidazole rings is 1. The minimum atomic E-state index is -0.365. The summed E-state index contributed by atoms with van der Waals surface area (Å²) in [5.41, 5.74) is 3.20. The first-order chi connectivity index (χ1) is 18.2. The van der Waals surface area contributed by atoms with Crippen LogP contribution in [-0.4, -0.2) is 51.0 Å². The molecule has 0 fully saturated rings. The molecule has 3 aromatic carbocycles. The highest BCUT2D eigenvalue weighted by Crippen LogP contribution is 2.31. The van der Waals surface area contributed by atoms with E-state index in [0.717, 1.165) is 0 Å². The average Bonchev–Trinajstić information content (AvgIpc) is 3.31. The van der Waals surface area contributed by atoms with Crippen LogP contribution < -0.4 is 0 Å². The highest BCUT2D eigenvalue weighted by Gasteiger charge is 2.36. The quantitative estimate of drug-likeness (QED) is 0.223. The smallest absolute Gasteiger partial charge is 0.261 e. The van der Waals surface area contributed by atoms with E-state index < -0.39 is 0 Å². The molecule has 2 heterocycles. The highest BCUT2D eigenvalue weighted by molar-refractivity contribution is 6.35. The van der Waals surface area contributed by atoms with Crippen molar-refractivity contribution >= 4 is 40.8 Å². The Labute approximate surface area is 230 Å². The lowest BCUT2D eigenvalue weighted by Crippen LogP contribution is -2.30. The number of amides is 2. The standard InChI is InChI=1S/C29H24Cl2N4O3/c1-17-25(15-34-28(37)19-8-4-5-9-20(19)29(34)38)35(26(32-17)16-33(2)3)24-13-12-18(30)14-22(24)27(36)21-10-6-7-11-23(21)31/h4-14H,15-16H2,1-3H3. The number of aromatic nitrogens is 2. The lowest BCUT2D eigenvalue weighted by molar-refractivity contribution is 0.0639. The van der Waals surface area contributed by atoms with Crippen molar-refractivity contribution in [2.75, 3.05) is 14.1 Å². The van der Waals surface area contributed by atoms with Crippen molar-refractivity contribution in [1.82, 2.24) is 19.4 Å². The summed E-state index contributed by atoms with van der Waals surface area (Å²) in [4.78, 5) is 48.1. The van der Waals surface area contributed by atoms with Gasteiger partial charge in [-0.2, -0.15) is 0 Å². The first kappa shape index (κ1) is 25.9. The van der Waals surface area contributed by atoms with Crippen LogP contribution in [0, 0.1) is 6.92 Å². The Morgan fingerprint density at radius 3 is 2.16 bits per heavy atom. The molecule has 0 atom stereocenters. The van der Waals surface area contributed by atoms with E-state index in [1.165, 1.54) is 4.90 Å². The molecular weight excluding hydrogens is 523 g/mol. The zero-order valence-electron chi connectivity index (χ0n) is 21.0. The molecule has 0 spiro atoms. The third-order valence-corrected chi connectivity index (χ3v) is 7.01. The number of imide groups is 1. The molecular formula is C29H24Cl2N4O3. The largest absolute Gasteiger partial charge is 0.302 e. The zero-order chi connectivity index (χ0) is 27.1. The highest BCUT2D eigenvalue weighted by atomic mass is 35.5. The molecule has 192 valence electrons. The van der Waals surface area contributed by atoms with Gasteiger partial charge in [-0.15, -0.1) is 0 Å². The minimum Gasteiger partial charge on any atom is -0.302 e. The van der Waals surface area contributed by atoms with Crippen molar-refractivity contribution in [1.29, 1.82) is 0 Å². The van der Waals surface area contributed by atoms with Gasteiger partial charge < -0.3 is 4.90 Å². The van der Waals surface area contributed by atoms with Gasteiger partial charge in [0.1, 0.15) is 5.82 Å². The van der Waals surface area contributed by atoms with E-state index >= 15 is 0 Å². The molecule has 1 aliphatic heterocycles. The van der Waals surface area contributed by atoms with E-state index in [0.29, 0.717) is 61.7 Å². The third kappa shape index (κ3) is 4.53. The summed E-state index contributed by atoms with van der Waals surface area (Å²) < 4.78 is 1.85. The summed E-state index contributed by atoms with van der Waals surface area (Å²) in [7, 11) is 3.83. The van der Waals surface area contributed by atoms with Gasteiger partial charge in [-0.3, -0.25) is 23.9 Å². The number of aryl methyl sites for hydroxylation is 1. The molecule has 2 amide bonds. The van der Waals surface area contributed by atoms with Gasteiger partial charge in [0, 0.05) is 16.1 Å². The predicted molar refractivity (Wildman–Crippen MR) is 146 cm³/mol. The van der Waals surface area contributed by atoms with Gasteiger partial charge in [-0.25, -0.2) is 4.98 Å². The Bertz CT molecular complexity index is 1570. The predicted octanol–water partition coefficient (Wildman–Crippen LogP) is 5.58. The first-order valence-corrected chi connectivity index (χ1v) is 12.7. The number of ketones is 1. The number of hydrogen-bond donors (Lipinski definition) is 0. The maximum Gasteiger partial charge on any atom is 0.261 e. The number of hydrogen-bond acceptors (Lipinski definition) is 5. The van der Waals surface area contributed by atoms with Crippen LogP contribution in [0.15, 0.2) is 66.7 Å². The van der Waals surface area contributed by atoms with E-state index in [-0.39, 0.29) is 24.1 Å². The summed E-state index contributed by atoms with van der Waals surface area (Å²) in [5, 5.41) is 0.710. The minimum absolute atomic E-state index is 0.0129. The van der Waals surface area contributed by atoms with Crippen LogP contribution in [-0.2, 0) is 13.1 Å². The number of carbonyl (C=O) groups excluding carboxylic acids is 3. The maximum absolute atomic E-state index is 13.8. The van der Waals surface area contributed by atoms with E-state index in [1.54, 1.807) is 66.7 Å². The summed E-state index contributed by atoms with van der Waals surface area (Å²) in [6.07, 6.45) is 0. The van der Waals surface area contributed by atoms with Gasteiger partial charge in [0.2, 0.25) is 0 Å². The van der Waals surface area contributed by atoms with Crippen LogP contribution in [0.1, 0.15) is 53.8 Å². The fraction of sp³-hybridized carbons (Fsp3) is 0.172. The topological polar surface area (TPSA) is 75.5 Å². The van der Waals surface area contributed by atoms with Crippen LogP contribution in [0.4, 0.5) is 0 Å². The van der Waals surface area contributed by atoms with Crippen LogP contribution >= 0.6 is 23.2 Å². The SMILES string of the molecule is Cc1nc(CN(C)C)n(-c2ccc(Cl)cc2C(=O)c2ccccc2Cl)c1CN1C(=O)c2ccccc2C1=O. The summed E-state index contributed by atoms with van der Waals surface area (Å²) in [5.74, 6) is -0.387. The molecule has 0 N–H and O–H groups in total. The molecule has 9 heteroatoms. The number of rotatable bonds is 7. The van der Waals surface area contributed by atoms with Crippen molar-refractivity contribution in [3.05, 3.63) is 116 Å². The molecule has 0 unspecified atom stereocenters. The molecule has 0 saturated carbocycles. The van der Waals surface area contributed by atoms with E-state index in [4.69, 9.17) is 28.2 Å².